The van der Waals surface area contributed by atoms with E-state index < -0.39 is 11.7 Å². The fourth-order valence-corrected chi connectivity index (χ4v) is 2.10. The topological polar surface area (TPSA) is 47.1 Å². The zero-order valence-corrected chi connectivity index (χ0v) is 10.5. The van der Waals surface area contributed by atoms with Crippen LogP contribution in [0.15, 0.2) is 24.2 Å². The molecule has 19 heavy (non-hydrogen) atoms. The monoisotopic (exact) mass is 274 g/mol. The van der Waals surface area contributed by atoms with E-state index in [0.717, 1.165) is 5.69 Å². The lowest BCUT2D eigenvalue weighted by molar-refractivity contribution is -0.0960. The molecular weight excluding hydrogens is 257 g/mol. The third kappa shape index (κ3) is 3.81. The molecule has 2 N–H and O–H groups in total. The van der Waals surface area contributed by atoms with Gasteiger partial charge in [-0.05, 0) is 6.42 Å². The molecule has 0 bridgehead atoms. The van der Waals surface area contributed by atoms with Crippen LogP contribution in [0.5, 0.6) is 0 Å². The molecule has 2 heterocycles. The van der Waals surface area contributed by atoms with Gasteiger partial charge in [0, 0.05) is 44.5 Å². The minimum atomic E-state index is -4.19. The van der Waals surface area contributed by atoms with Gasteiger partial charge in [-0.1, -0.05) is 6.08 Å². The molecule has 1 aliphatic rings. The van der Waals surface area contributed by atoms with Crippen molar-refractivity contribution in [3.63, 3.8) is 0 Å². The molecule has 0 fully saturated rings. The maximum atomic E-state index is 12.5. The molecule has 7 heteroatoms. The first-order valence-electron chi connectivity index (χ1n) is 6.18. The lowest BCUT2D eigenvalue weighted by Crippen LogP contribution is -2.31. The molecule has 1 aromatic heterocycles. The second-order valence-corrected chi connectivity index (χ2v) is 4.60. The molecule has 0 radical (unpaired) electrons. The van der Waals surface area contributed by atoms with Crippen molar-refractivity contribution in [1.29, 1.82) is 0 Å². The first-order valence-corrected chi connectivity index (χ1v) is 6.18. The van der Waals surface area contributed by atoms with Crippen LogP contribution in [0.1, 0.15) is 12.1 Å². The Labute approximate surface area is 109 Å². The predicted molar refractivity (Wildman–Crippen MR) is 65.3 cm³/mol. The first-order chi connectivity index (χ1) is 8.99. The van der Waals surface area contributed by atoms with Crippen LogP contribution >= 0.6 is 0 Å². The summed E-state index contributed by atoms with van der Waals surface area (Å²) in [5.74, 6) is 0. The van der Waals surface area contributed by atoms with E-state index in [1.807, 2.05) is 15.7 Å². The molecular formula is C12H17F3N4. The minimum Gasteiger partial charge on any atom is -0.336 e. The van der Waals surface area contributed by atoms with E-state index in [0.29, 0.717) is 32.7 Å². The van der Waals surface area contributed by atoms with Gasteiger partial charge in [-0.2, -0.15) is 13.2 Å². The standard InChI is InChI=1S/C12H17F3N4/c13-12(14,15)10-1-4-18(5-2-10)7-11-8-19(6-3-16)9-17-11/h1,8-9H,2-7,16H2. The summed E-state index contributed by atoms with van der Waals surface area (Å²) in [6.07, 6.45) is 0.709. The van der Waals surface area contributed by atoms with Crippen LogP contribution in [0.2, 0.25) is 0 Å². The molecule has 0 saturated carbocycles. The van der Waals surface area contributed by atoms with E-state index >= 15 is 0 Å². The van der Waals surface area contributed by atoms with Crippen molar-refractivity contribution in [2.24, 2.45) is 5.73 Å². The number of aromatic nitrogens is 2. The number of imidazole rings is 1. The van der Waals surface area contributed by atoms with Crippen molar-refractivity contribution in [3.05, 3.63) is 29.9 Å². The van der Waals surface area contributed by atoms with Gasteiger partial charge in [0.05, 0.1) is 12.0 Å². The number of hydrogen-bond donors (Lipinski definition) is 1. The summed E-state index contributed by atoms with van der Waals surface area (Å²) >= 11 is 0. The van der Waals surface area contributed by atoms with Crippen LogP contribution in [0.3, 0.4) is 0 Å². The van der Waals surface area contributed by atoms with E-state index in [2.05, 4.69) is 4.98 Å². The summed E-state index contributed by atoms with van der Waals surface area (Å²) in [5, 5.41) is 0. The highest BCUT2D eigenvalue weighted by Gasteiger charge is 2.34. The normalized spacial score (nSPS) is 17.6. The van der Waals surface area contributed by atoms with E-state index in [1.54, 1.807) is 6.33 Å². The largest absolute Gasteiger partial charge is 0.412 e. The number of alkyl halides is 3. The van der Waals surface area contributed by atoms with Gasteiger partial charge in [-0.25, -0.2) is 4.98 Å². The van der Waals surface area contributed by atoms with Crippen LogP contribution in [0, 0.1) is 0 Å². The number of rotatable bonds is 4. The van der Waals surface area contributed by atoms with Crippen LogP contribution in [-0.2, 0) is 13.1 Å². The first kappa shape index (κ1) is 14.1. The van der Waals surface area contributed by atoms with Gasteiger partial charge in [0.2, 0.25) is 0 Å². The summed E-state index contributed by atoms with van der Waals surface area (Å²) in [6.45, 7) is 2.54. The summed E-state index contributed by atoms with van der Waals surface area (Å²) in [5.41, 5.74) is 5.88. The van der Waals surface area contributed by atoms with E-state index in [1.165, 1.54) is 6.08 Å². The van der Waals surface area contributed by atoms with Gasteiger partial charge < -0.3 is 10.3 Å². The van der Waals surface area contributed by atoms with Gasteiger partial charge in [-0.3, -0.25) is 4.90 Å². The summed E-state index contributed by atoms with van der Waals surface area (Å²) in [4.78, 5) is 6.17. The van der Waals surface area contributed by atoms with Gasteiger partial charge >= 0.3 is 6.18 Å². The second-order valence-electron chi connectivity index (χ2n) is 4.60. The van der Waals surface area contributed by atoms with Gasteiger partial charge in [0.25, 0.3) is 0 Å². The quantitative estimate of drug-likeness (QED) is 0.847. The van der Waals surface area contributed by atoms with E-state index in [9.17, 15) is 13.2 Å². The smallest absolute Gasteiger partial charge is 0.336 e. The van der Waals surface area contributed by atoms with Crippen molar-refractivity contribution < 1.29 is 13.2 Å². The average Bonchev–Trinajstić information content (AvgIpc) is 2.77. The van der Waals surface area contributed by atoms with E-state index in [-0.39, 0.29) is 6.42 Å². The van der Waals surface area contributed by atoms with Crippen LogP contribution in [0.25, 0.3) is 0 Å². The molecule has 1 aliphatic heterocycles. The van der Waals surface area contributed by atoms with Gasteiger partial charge in [0.1, 0.15) is 0 Å². The maximum Gasteiger partial charge on any atom is 0.412 e. The zero-order valence-electron chi connectivity index (χ0n) is 10.5. The lowest BCUT2D eigenvalue weighted by atomic mass is 10.1. The average molecular weight is 274 g/mol. The predicted octanol–water partition coefficient (Wildman–Crippen LogP) is 1.54. The Morgan fingerprint density at radius 2 is 2.16 bits per heavy atom. The third-order valence-electron chi connectivity index (χ3n) is 3.12. The maximum absolute atomic E-state index is 12.5. The highest BCUT2D eigenvalue weighted by atomic mass is 19.4. The Bertz CT molecular complexity index is 450. The Balaban J connectivity index is 1.90. The molecule has 4 nitrogen and oxygen atoms in total. The van der Waals surface area contributed by atoms with Crippen molar-refractivity contribution >= 4 is 0 Å². The Morgan fingerprint density at radius 1 is 1.37 bits per heavy atom. The fraction of sp³-hybridized carbons (Fsp3) is 0.583. The zero-order chi connectivity index (χ0) is 13.9. The fourth-order valence-electron chi connectivity index (χ4n) is 2.10. The minimum absolute atomic E-state index is 0.0486. The molecule has 0 amide bonds. The van der Waals surface area contributed by atoms with E-state index in [4.69, 9.17) is 5.73 Å². The Morgan fingerprint density at radius 3 is 2.74 bits per heavy atom. The number of hydrogen-bond acceptors (Lipinski definition) is 3. The summed E-state index contributed by atoms with van der Waals surface area (Å²) in [6, 6.07) is 0. The number of nitrogens with two attached hydrogens (primary N) is 1. The lowest BCUT2D eigenvalue weighted by Gasteiger charge is -2.26. The molecule has 0 spiro atoms. The second kappa shape index (κ2) is 5.75. The Kier molecular flexibility index (Phi) is 4.26. The summed E-state index contributed by atoms with van der Waals surface area (Å²) < 4.78 is 39.3. The SMILES string of the molecule is NCCn1cnc(CN2CC=C(C(F)(F)F)CC2)c1. The molecule has 0 aliphatic carbocycles. The van der Waals surface area contributed by atoms with Crippen molar-refractivity contribution in [3.8, 4) is 0 Å². The molecule has 1 aromatic rings. The number of nitrogens with zero attached hydrogens (tertiary/aromatic N) is 3. The highest BCUT2D eigenvalue weighted by Crippen LogP contribution is 2.30. The van der Waals surface area contributed by atoms with Crippen molar-refractivity contribution in [1.82, 2.24) is 14.5 Å². The third-order valence-corrected chi connectivity index (χ3v) is 3.12. The molecule has 0 aromatic carbocycles. The molecule has 0 unspecified atom stereocenters. The van der Waals surface area contributed by atoms with Crippen LogP contribution in [-0.4, -0.2) is 40.3 Å². The highest BCUT2D eigenvalue weighted by molar-refractivity contribution is 5.13. The molecule has 106 valence electrons. The van der Waals surface area contributed by atoms with Gasteiger partial charge in [0.15, 0.2) is 0 Å². The van der Waals surface area contributed by atoms with Crippen molar-refractivity contribution in [2.75, 3.05) is 19.6 Å². The van der Waals surface area contributed by atoms with Crippen LogP contribution < -0.4 is 5.73 Å². The molecule has 0 saturated heterocycles. The Hall–Kier alpha value is -1.34. The summed E-state index contributed by atoms with van der Waals surface area (Å²) in [7, 11) is 0. The van der Waals surface area contributed by atoms with Gasteiger partial charge in [-0.15, -0.1) is 0 Å². The molecule has 2 rings (SSSR count). The van der Waals surface area contributed by atoms with Crippen LogP contribution in [0.4, 0.5) is 13.2 Å². The number of halogens is 3. The van der Waals surface area contributed by atoms with Crippen molar-refractivity contribution in [2.45, 2.75) is 25.7 Å². The molecule has 0 atom stereocenters.